The van der Waals surface area contributed by atoms with Crippen molar-refractivity contribution in [3.63, 3.8) is 0 Å². The number of hydrogen-bond acceptors (Lipinski definition) is 4. The average molecular weight is 372 g/mol. The Balaban J connectivity index is 1.62. The molecule has 0 radical (unpaired) electrons. The number of aliphatic carboxylic acids is 1. The molecule has 1 saturated carbocycles. The molecular weight excluding hydrogens is 348 g/mol. The van der Waals surface area contributed by atoms with Crippen molar-refractivity contribution < 1.29 is 24.3 Å². The summed E-state index contributed by atoms with van der Waals surface area (Å²) in [7, 11) is 0. The molecule has 1 heterocycles. The zero-order valence-electron chi connectivity index (χ0n) is 15.1. The van der Waals surface area contributed by atoms with Crippen LogP contribution in [0.4, 0.5) is 0 Å². The highest BCUT2D eigenvalue weighted by Crippen LogP contribution is 2.24. The summed E-state index contributed by atoms with van der Waals surface area (Å²) in [6.45, 7) is 0. The number of carboxylic acid groups (broad SMARTS) is 1. The molecule has 1 unspecified atom stereocenters. The van der Waals surface area contributed by atoms with Gasteiger partial charge in [-0.1, -0.05) is 31.4 Å². The van der Waals surface area contributed by atoms with E-state index in [0.717, 1.165) is 24.8 Å². The van der Waals surface area contributed by atoms with Gasteiger partial charge in [-0.3, -0.25) is 24.5 Å². The topological polar surface area (TPSA) is 113 Å². The smallest absolute Gasteiger partial charge is 0.308 e. The molecule has 1 saturated heterocycles. The van der Waals surface area contributed by atoms with Crippen molar-refractivity contribution in [1.82, 2.24) is 10.6 Å². The summed E-state index contributed by atoms with van der Waals surface area (Å²) >= 11 is 0. The minimum atomic E-state index is -0.859. The molecule has 3 rings (SSSR count). The van der Waals surface area contributed by atoms with Crippen LogP contribution >= 0.6 is 0 Å². The molecule has 7 nitrogen and oxygen atoms in total. The first-order valence-electron chi connectivity index (χ1n) is 9.40. The fourth-order valence-electron chi connectivity index (χ4n) is 3.88. The molecule has 3 N–H and O–H groups in total. The zero-order valence-corrected chi connectivity index (χ0v) is 15.1. The van der Waals surface area contributed by atoms with Crippen LogP contribution in [-0.4, -0.2) is 34.8 Å². The first kappa shape index (κ1) is 19.1. The molecule has 3 atom stereocenters. The first-order chi connectivity index (χ1) is 12.9. The third kappa shape index (κ3) is 4.72. The van der Waals surface area contributed by atoms with Crippen molar-refractivity contribution in [3.05, 3.63) is 35.4 Å². The number of carbonyl (C=O) groups is 4. The third-order valence-corrected chi connectivity index (χ3v) is 5.41. The van der Waals surface area contributed by atoms with Gasteiger partial charge in [0.1, 0.15) is 0 Å². The predicted octanol–water partition coefficient (Wildman–Crippen LogP) is 1.66. The molecule has 3 amide bonds. The number of nitrogens with one attached hydrogen (secondary N) is 2. The second kappa shape index (κ2) is 8.33. The van der Waals surface area contributed by atoms with Crippen molar-refractivity contribution in [2.75, 3.05) is 0 Å². The largest absolute Gasteiger partial charge is 0.481 e. The van der Waals surface area contributed by atoms with Crippen molar-refractivity contribution in [3.8, 4) is 0 Å². The van der Waals surface area contributed by atoms with Gasteiger partial charge in [0.15, 0.2) is 0 Å². The lowest BCUT2D eigenvalue weighted by molar-refractivity contribution is -0.143. The molecule has 144 valence electrons. The second-order valence-corrected chi connectivity index (χ2v) is 7.38. The highest BCUT2D eigenvalue weighted by Gasteiger charge is 2.31. The summed E-state index contributed by atoms with van der Waals surface area (Å²) in [5, 5.41) is 14.6. The van der Waals surface area contributed by atoms with E-state index >= 15 is 0 Å². The van der Waals surface area contributed by atoms with E-state index in [0.29, 0.717) is 24.8 Å². The minimum Gasteiger partial charge on any atom is -0.481 e. The summed E-state index contributed by atoms with van der Waals surface area (Å²) in [6, 6.07) is 6.53. The lowest BCUT2D eigenvalue weighted by Crippen LogP contribution is -2.42. The van der Waals surface area contributed by atoms with Crippen LogP contribution in [0.15, 0.2) is 24.3 Å². The summed E-state index contributed by atoms with van der Waals surface area (Å²) in [5.74, 6) is -2.56. The Labute approximate surface area is 157 Å². The Morgan fingerprint density at radius 2 is 1.78 bits per heavy atom. The molecule has 0 bridgehead atoms. The van der Waals surface area contributed by atoms with Gasteiger partial charge in [-0.25, -0.2) is 0 Å². The van der Waals surface area contributed by atoms with Crippen LogP contribution in [-0.2, 0) is 20.8 Å². The van der Waals surface area contributed by atoms with Gasteiger partial charge in [-0.15, -0.1) is 0 Å². The maximum absolute atomic E-state index is 12.5. The van der Waals surface area contributed by atoms with E-state index in [1.807, 2.05) is 0 Å². The van der Waals surface area contributed by atoms with Gasteiger partial charge in [0.25, 0.3) is 5.91 Å². The first-order valence-corrected chi connectivity index (χ1v) is 9.40. The van der Waals surface area contributed by atoms with Gasteiger partial charge in [0.2, 0.25) is 11.8 Å². The molecule has 2 fully saturated rings. The lowest BCUT2D eigenvalue weighted by Gasteiger charge is -2.23. The summed E-state index contributed by atoms with van der Waals surface area (Å²) in [4.78, 5) is 46.9. The summed E-state index contributed by atoms with van der Waals surface area (Å²) < 4.78 is 0. The van der Waals surface area contributed by atoms with Crippen LogP contribution in [0.5, 0.6) is 0 Å². The van der Waals surface area contributed by atoms with E-state index in [4.69, 9.17) is 0 Å². The van der Waals surface area contributed by atoms with Crippen LogP contribution in [0.1, 0.15) is 54.4 Å². The molecule has 0 aromatic heterocycles. The predicted molar refractivity (Wildman–Crippen MR) is 96.9 cm³/mol. The summed E-state index contributed by atoms with van der Waals surface area (Å²) in [5.41, 5.74) is 1.33. The van der Waals surface area contributed by atoms with Gasteiger partial charge in [0, 0.05) is 18.0 Å². The molecule has 7 heteroatoms. The number of amides is 3. The highest BCUT2D eigenvalue weighted by molar-refractivity contribution is 6.03. The molecule has 2 aliphatic rings. The number of carboxylic acids is 1. The fraction of sp³-hybridized carbons (Fsp3) is 0.500. The normalized spacial score (nSPS) is 25.6. The van der Waals surface area contributed by atoms with E-state index in [1.165, 1.54) is 0 Å². The molecule has 1 aliphatic heterocycles. The number of carbonyl (C=O) groups excluding carboxylic acids is 3. The number of rotatable bonds is 5. The monoisotopic (exact) mass is 372 g/mol. The number of imide groups is 1. The zero-order chi connectivity index (χ0) is 19.4. The van der Waals surface area contributed by atoms with Gasteiger partial charge < -0.3 is 10.4 Å². The van der Waals surface area contributed by atoms with Crippen LogP contribution < -0.4 is 10.6 Å². The third-order valence-electron chi connectivity index (χ3n) is 5.41. The fourth-order valence-corrected chi connectivity index (χ4v) is 3.88. The van der Waals surface area contributed by atoms with Crippen molar-refractivity contribution in [2.24, 2.45) is 11.8 Å². The second-order valence-electron chi connectivity index (χ2n) is 7.38. The average Bonchev–Trinajstić information content (AvgIpc) is 2.82. The standard InChI is InChI=1S/C20H24N2O5/c23-17-11-14(19(25)22-17)10-12-6-8-13(9-7-12)18(24)21-16-5-3-1-2-4-15(16)20(26)27/h6-9,14-16H,1-5,10-11H2,(H,21,24)(H,26,27)(H,22,23,25)/t14?,15-,16+/m1/s1. The molecule has 1 aliphatic carbocycles. The van der Waals surface area contributed by atoms with Crippen LogP contribution in [0.2, 0.25) is 0 Å². The Kier molecular flexibility index (Phi) is 5.88. The molecule has 0 spiro atoms. The Morgan fingerprint density at radius 3 is 2.41 bits per heavy atom. The quantitative estimate of drug-likeness (QED) is 0.537. The van der Waals surface area contributed by atoms with E-state index in [2.05, 4.69) is 10.6 Å². The lowest BCUT2D eigenvalue weighted by atomic mass is 9.94. The van der Waals surface area contributed by atoms with E-state index < -0.39 is 11.9 Å². The van der Waals surface area contributed by atoms with Gasteiger partial charge in [0.05, 0.1) is 11.8 Å². The molecule has 1 aromatic rings. The van der Waals surface area contributed by atoms with E-state index in [-0.39, 0.29) is 36.1 Å². The van der Waals surface area contributed by atoms with Gasteiger partial charge >= 0.3 is 5.97 Å². The maximum atomic E-state index is 12.5. The summed E-state index contributed by atoms with van der Waals surface area (Å²) in [6.07, 6.45) is 4.67. The maximum Gasteiger partial charge on any atom is 0.308 e. The number of benzene rings is 1. The van der Waals surface area contributed by atoms with Gasteiger partial charge in [-0.2, -0.15) is 0 Å². The van der Waals surface area contributed by atoms with Crippen LogP contribution in [0, 0.1) is 11.8 Å². The number of hydrogen-bond donors (Lipinski definition) is 3. The molecule has 1 aromatic carbocycles. The van der Waals surface area contributed by atoms with Crippen LogP contribution in [0.3, 0.4) is 0 Å². The van der Waals surface area contributed by atoms with Crippen molar-refractivity contribution in [1.29, 1.82) is 0 Å². The molecular formula is C20H24N2O5. The Hall–Kier alpha value is -2.70. The van der Waals surface area contributed by atoms with Crippen molar-refractivity contribution in [2.45, 2.75) is 51.0 Å². The van der Waals surface area contributed by atoms with E-state index in [1.54, 1.807) is 24.3 Å². The van der Waals surface area contributed by atoms with E-state index in [9.17, 15) is 24.3 Å². The Morgan fingerprint density at radius 1 is 1.07 bits per heavy atom. The Bertz CT molecular complexity index is 743. The highest BCUT2D eigenvalue weighted by atomic mass is 16.4. The van der Waals surface area contributed by atoms with Gasteiger partial charge in [-0.05, 0) is 37.0 Å². The van der Waals surface area contributed by atoms with Crippen molar-refractivity contribution >= 4 is 23.7 Å². The SMILES string of the molecule is O=C1CC(Cc2ccc(C(=O)N[C@H]3CCCCC[C@H]3C(=O)O)cc2)C(=O)N1. The van der Waals surface area contributed by atoms with Crippen LogP contribution in [0.25, 0.3) is 0 Å². The minimum absolute atomic E-state index is 0.194. The molecule has 27 heavy (non-hydrogen) atoms.